The van der Waals surface area contributed by atoms with E-state index in [1.165, 1.54) is 10.6 Å². The number of ether oxygens (including phenoxy) is 1. The van der Waals surface area contributed by atoms with Crippen molar-refractivity contribution in [1.29, 1.82) is 0 Å². The number of carbonyl (C=O) groups excluding carboxylic acids is 1. The average molecular weight is 319 g/mol. The molecule has 0 bridgehead atoms. The van der Waals surface area contributed by atoms with E-state index in [9.17, 15) is 13.2 Å². The summed E-state index contributed by atoms with van der Waals surface area (Å²) in [6, 6.07) is -0.0138. The van der Waals surface area contributed by atoms with E-state index in [-0.39, 0.29) is 18.2 Å². The second kappa shape index (κ2) is 6.93. The Hall–Kier alpha value is -0.860. The molecule has 21 heavy (non-hydrogen) atoms. The van der Waals surface area contributed by atoms with Crippen LogP contribution < -0.4 is 5.32 Å². The molecule has 8 heteroatoms. The first-order chi connectivity index (χ1) is 9.86. The Morgan fingerprint density at radius 1 is 1.24 bits per heavy atom. The van der Waals surface area contributed by atoms with Crippen LogP contribution in [0.5, 0.6) is 0 Å². The summed E-state index contributed by atoms with van der Waals surface area (Å²) in [6.45, 7) is 4.92. The van der Waals surface area contributed by atoms with Crippen LogP contribution >= 0.6 is 0 Å². The highest BCUT2D eigenvalue weighted by atomic mass is 32.2. The van der Waals surface area contributed by atoms with Gasteiger partial charge in [0.2, 0.25) is 10.0 Å². The summed E-state index contributed by atoms with van der Waals surface area (Å²) in [5.74, 6) is 0. The molecule has 0 radical (unpaired) electrons. The lowest BCUT2D eigenvalue weighted by Gasteiger charge is -2.32. The lowest BCUT2D eigenvalue weighted by Crippen LogP contribution is -2.51. The molecule has 0 aromatic rings. The van der Waals surface area contributed by atoms with Gasteiger partial charge in [0, 0.05) is 38.8 Å². The molecule has 0 aliphatic carbocycles. The fourth-order valence-corrected chi connectivity index (χ4v) is 3.65. The lowest BCUT2D eigenvalue weighted by molar-refractivity contribution is 0.0707. The van der Waals surface area contributed by atoms with Crippen molar-refractivity contribution in [2.24, 2.45) is 0 Å². The van der Waals surface area contributed by atoms with Crippen LogP contribution in [0.4, 0.5) is 4.79 Å². The minimum Gasteiger partial charge on any atom is -0.377 e. The van der Waals surface area contributed by atoms with Gasteiger partial charge in [-0.25, -0.2) is 17.5 Å². The highest BCUT2D eigenvalue weighted by Gasteiger charge is 2.27. The van der Waals surface area contributed by atoms with Crippen molar-refractivity contribution in [2.45, 2.75) is 38.3 Å². The summed E-state index contributed by atoms with van der Waals surface area (Å²) in [4.78, 5) is 14.1. The van der Waals surface area contributed by atoms with E-state index in [0.29, 0.717) is 45.6 Å². The van der Waals surface area contributed by atoms with Crippen LogP contribution in [0.15, 0.2) is 0 Å². The molecule has 0 aromatic heterocycles. The molecule has 2 rings (SSSR count). The summed E-state index contributed by atoms with van der Waals surface area (Å²) < 4.78 is 29.9. The zero-order valence-electron chi connectivity index (χ0n) is 12.7. The van der Waals surface area contributed by atoms with Gasteiger partial charge in [0.25, 0.3) is 0 Å². The predicted molar refractivity (Wildman–Crippen MR) is 79.6 cm³/mol. The minimum atomic E-state index is -3.12. The quantitative estimate of drug-likeness (QED) is 0.790. The number of sulfonamides is 1. The Labute approximate surface area is 126 Å². The molecular weight excluding hydrogens is 294 g/mol. The van der Waals surface area contributed by atoms with Crippen molar-refractivity contribution in [3.05, 3.63) is 0 Å². The van der Waals surface area contributed by atoms with Crippen LogP contribution in [0.3, 0.4) is 0 Å². The summed E-state index contributed by atoms with van der Waals surface area (Å²) in [6.07, 6.45) is 3.47. The Balaban J connectivity index is 1.81. The Kier molecular flexibility index (Phi) is 5.45. The van der Waals surface area contributed by atoms with Gasteiger partial charge in [0.15, 0.2) is 0 Å². The number of amides is 2. The molecular formula is C13H25N3O4S. The number of carbonyl (C=O) groups is 1. The SMILES string of the molecule is CC1CN(C(=O)NC2CCN(S(C)(=O)=O)CC2)CCCO1. The number of nitrogens with zero attached hydrogens (tertiary/aromatic N) is 2. The molecule has 0 aromatic carbocycles. The van der Waals surface area contributed by atoms with Crippen LogP contribution in [-0.4, -0.2) is 74.8 Å². The van der Waals surface area contributed by atoms with E-state index in [4.69, 9.17) is 4.74 Å². The third kappa shape index (κ3) is 4.82. The average Bonchev–Trinajstić information content (AvgIpc) is 2.63. The van der Waals surface area contributed by atoms with Crippen LogP contribution in [0.25, 0.3) is 0 Å². The van der Waals surface area contributed by atoms with Gasteiger partial charge >= 0.3 is 6.03 Å². The van der Waals surface area contributed by atoms with E-state index in [1.54, 1.807) is 4.90 Å². The van der Waals surface area contributed by atoms with Gasteiger partial charge in [-0.3, -0.25) is 0 Å². The van der Waals surface area contributed by atoms with Crippen LogP contribution in [0.2, 0.25) is 0 Å². The van der Waals surface area contributed by atoms with E-state index in [0.717, 1.165) is 6.42 Å². The van der Waals surface area contributed by atoms with Crippen molar-refractivity contribution in [3.8, 4) is 0 Å². The molecule has 1 unspecified atom stereocenters. The molecule has 2 heterocycles. The van der Waals surface area contributed by atoms with Gasteiger partial charge in [0.05, 0.1) is 12.4 Å². The fraction of sp³-hybridized carbons (Fsp3) is 0.923. The largest absolute Gasteiger partial charge is 0.377 e. The molecule has 0 spiro atoms. The molecule has 2 aliphatic rings. The van der Waals surface area contributed by atoms with Gasteiger partial charge in [-0.2, -0.15) is 0 Å². The number of piperidine rings is 1. The molecule has 7 nitrogen and oxygen atoms in total. The zero-order valence-corrected chi connectivity index (χ0v) is 13.6. The first-order valence-electron chi connectivity index (χ1n) is 7.48. The molecule has 2 saturated heterocycles. The number of hydrogen-bond acceptors (Lipinski definition) is 4. The topological polar surface area (TPSA) is 79.0 Å². The van der Waals surface area contributed by atoms with Gasteiger partial charge in [0.1, 0.15) is 0 Å². The molecule has 2 aliphatic heterocycles. The van der Waals surface area contributed by atoms with E-state index in [1.807, 2.05) is 6.92 Å². The standard InChI is InChI=1S/C13H25N3O4S/c1-11-10-15(6-3-9-20-11)13(17)14-12-4-7-16(8-5-12)21(2,18)19/h11-12H,3-10H2,1-2H3,(H,14,17). The first kappa shape index (κ1) is 16.5. The van der Waals surface area contributed by atoms with Gasteiger partial charge < -0.3 is 15.0 Å². The number of urea groups is 1. The molecule has 1 N–H and O–H groups in total. The predicted octanol–water partition coefficient (Wildman–Crippen LogP) is 0.231. The number of nitrogens with one attached hydrogen (secondary N) is 1. The summed E-state index contributed by atoms with van der Waals surface area (Å²) in [5.41, 5.74) is 0. The summed E-state index contributed by atoms with van der Waals surface area (Å²) in [5, 5.41) is 3.02. The maximum atomic E-state index is 12.3. The lowest BCUT2D eigenvalue weighted by atomic mass is 10.1. The highest BCUT2D eigenvalue weighted by Crippen LogP contribution is 2.14. The van der Waals surface area contributed by atoms with Crippen LogP contribution in [-0.2, 0) is 14.8 Å². The monoisotopic (exact) mass is 319 g/mol. The first-order valence-corrected chi connectivity index (χ1v) is 9.33. The van der Waals surface area contributed by atoms with Gasteiger partial charge in [-0.15, -0.1) is 0 Å². The summed E-state index contributed by atoms with van der Waals surface area (Å²) >= 11 is 0. The molecule has 0 saturated carbocycles. The van der Waals surface area contributed by atoms with Crippen LogP contribution in [0.1, 0.15) is 26.2 Å². The summed E-state index contributed by atoms with van der Waals surface area (Å²) in [7, 11) is -3.12. The van der Waals surface area contributed by atoms with Gasteiger partial charge in [-0.05, 0) is 26.2 Å². The van der Waals surface area contributed by atoms with Crippen molar-refractivity contribution < 1.29 is 17.9 Å². The second-order valence-electron chi connectivity index (χ2n) is 5.87. The third-order valence-corrected chi connectivity index (χ3v) is 5.29. The Bertz CT molecular complexity index is 460. The molecule has 2 fully saturated rings. The second-order valence-corrected chi connectivity index (χ2v) is 7.85. The number of hydrogen-bond donors (Lipinski definition) is 1. The van der Waals surface area contributed by atoms with E-state index >= 15 is 0 Å². The Morgan fingerprint density at radius 3 is 2.52 bits per heavy atom. The fourth-order valence-electron chi connectivity index (χ4n) is 2.78. The Morgan fingerprint density at radius 2 is 1.90 bits per heavy atom. The zero-order chi connectivity index (χ0) is 15.5. The highest BCUT2D eigenvalue weighted by molar-refractivity contribution is 7.88. The molecule has 2 amide bonds. The van der Waals surface area contributed by atoms with Crippen molar-refractivity contribution in [3.63, 3.8) is 0 Å². The van der Waals surface area contributed by atoms with Crippen LogP contribution in [0, 0.1) is 0 Å². The third-order valence-electron chi connectivity index (χ3n) is 3.99. The van der Waals surface area contributed by atoms with Crippen molar-refractivity contribution >= 4 is 16.1 Å². The normalized spacial score (nSPS) is 26.4. The smallest absolute Gasteiger partial charge is 0.317 e. The van der Waals surface area contributed by atoms with Crippen molar-refractivity contribution in [1.82, 2.24) is 14.5 Å². The minimum absolute atomic E-state index is 0.0509. The van der Waals surface area contributed by atoms with Gasteiger partial charge in [-0.1, -0.05) is 0 Å². The van der Waals surface area contributed by atoms with Crippen molar-refractivity contribution in [2.75, 3.05) is 39.0 Å². The maximum Gasteiger partial charge on any atom is 0.317 e. The molecule has 122 valence electrons. The van der Waals surface area contributed by atoms with E-state index < -0.39 is 10.0 Å². The molecule has 1 atom stereocenters. The number of rotatable bonds is 2. The van der Waals surface area contributed by atoms with E-state index in [2.05, 4.69) is 5.32 Å². The maximum absolute atomic E-state index is 12.3.